The summed E-state index contributed by atoms with van der Waals surface area (Å²) in [7, 11) is 0. The van der Waals surface area contributed by atoms with Crippen molar-refractivity contribution < 1.29 is 0 Å². The molecule has 0 spiro atoms. The number of hydrogen-bond donors (Lipinski definition) is 2. The lowest BCUT2D eigenvalue weighted by Gasteiger charge is -2.18. The number of aromatic nitrogens is 2. The van der Waals surface area contributed by atoms with Crippen molar-refractivity contribution >= 4 is 17.4 Å². The van der Waals surface area contributed by atoms with Gasteiger partial charge >= 0.3 is 0 Å². The first-order valence-electron chi connectivity index (χ1n) is 5.44. The van der Waals surface area contributed by atoms with Crippen LogP contribution in [-0.4, -0.2) is 36.1 Å². The monoisotopic (exact) mass is 240 g/mol. The zero-order valence-corrected chi connectivity index (χ0v) is 9.50. The van der Waals surface area contributed by atoms with Crippen LogP contribution in [0.4, 0.5) is 5.82 Å². The van der Waals surface area contributed by atoms with Gasteiger partial charge in [0.25, 0.3) is 5.56 Å². The standard InChI is InChI=1S/C10H13ClN4O/c11-8-9(13-5-14-10(8)16)15-3-6-1-12-2-7(6)4-15/h5-7,12H,1-4H2,(H,13,14,16). The summed E-state index contributed by atoms with van der Waals surface area (Å²) in [6.07, 6.45) is 1.41. The minimum absolute atomic E-state index is 0.204. The summed E-state index contributed by atoms with van der Waals surface area (Å²) in [6, 6.07) is 0. The van der Waals surface area contributed by atoms with Crippen LogP contribution >= 0.6 is 11.6 Å². The highest BCUT2D eigenvalue weighted by molar-refractivity contribution is 6.32. The third-order valence-corrected chi connectivity index (χ3v) is 3.81. The minimum Gasteiger partial charge on any atom is -0.354 e. The van der Waals surface area contributed by atoms with E-state index in [1.807, 2.05) is 0 Å². The van der Waals surface area contributed by atoms with Crippen molar-refractivity contribution in [2.45, 2.75) is 0 Å². The summed E-state index contributed by atoms with van der Waals surface area (Å²) in [6.45, 7) is 3.99. The quantitative estimate of drug-likeness (QED) is 0.730. The maximum absolute atomic E-state index is 11.4. The van der Waals surface area contributed by atoms with E-state index in [9.17, 15) is 4.79 Å². The lowest BCUT2D eigenvalue weighted by molar-refractivity contribution is 0.533. The van der Waals surface area contributed by atoms with Gasteiger partial charge in [-0.15, -0.1) is 0 Å². The summed E-state index contributed by atoms with van der Waals surface area (Å²) >= 11 is 5.97. The van der Waals surface area contributed by atoms with E-state index in [-0.39, 0.29) is 10.6 Å². The Labute approximate surface area is 97.8 Å². The van der Waals surface area contributed by atoms with Crippen molar-refractivity contribution in [1.82, 2.24) is 15.3 Å². The van der Waals surface area contributed by atoms with Gasteiger partial charge in [-0.05, 0) is 11.8 Å². The molecule has 2 atom stereocenters. The minimum atomic E-state index is -0.262. The van der Waals surface area contributed by atoms with Crippen LogP contribution in [0.3, 0.4) is 0 Å². The molecule has 1 aromatic rings. The van der Waals surface area contributed by atoms with Gasteiger partial charge in [-0.3, -0.25) is 4.79 Å². The number of fused-ring (bicyclic) bond motifs is 1. The van der Waals surface area contributed by atoms with Crippen LogP contribution in [0.2, 0.25) is 5.02 Å². The van der Waals surface area contributed by atoms with E-state index in [1.165, 1.54) is 6.33 Å². The molecule has 2 aliphatic heterocycles. The molecule has 0 bridgehead atoms. The number of H-pyrrole nitrogens is 1. The Hall–Kier alpha value is -1.07. The SMILES string of the molecule is O=c1[nH]cnc(N2CC3CNCC3C2)c1Cl. The number of nitrogens with zero attached hydrogens (tertiary/aromatic N) is 2. The van der Waals surface area contributed by atoms with Gasteiger partial charge in [-0.25, -0.2) is 4.98 Å². The fraction of sp³-hybridized carbons (Fsp3) is 0.600. The molecule has 3 heterocycles. The van der Waals surface area contributed by atoms with E-state index < -0.39 is 0 Å². The van der Waals surface area contributed by atoms with Gasteiger partial charge in [0.1, 0.15) is 5.02 Å². The van der Waals surface area contributed by atoms with Gasteiger partial charge in [-0.1, -0.05) is 11.6 Å². The molecule has 2 aliphatic rings. The van der Waals surface area contributed by atoms with Gasteiger partial charge in [0, 0.05) is 26.2 Å². The van der Waals surface area contributed by atoms with Crippen molar-refractivity contribution in [3.8, 4) is 0 Å². The Bertz CT molecular complexity index is 448. The Morgan fingerprint density at radius 3 is 2.75 bits per heavy atom. The van der Waals surface area contributed by atoms with E-state index >= 15 is 0 Å². The van der Waals surface area contributed by atoms with Crippen LogP contribution in [-0.2, 0) is 0 Å². The molecule has 6 heteroatoms. The number of rotatable bonds is 1. The third kappa shape index (κ3) is 1.51. The Kier molecular flexibility index (Phi) is 2.37. The summed E-state index contributed by atoms with van der Waals surface area (Å²) in [5.74, 6) is 1.95. The Morgan fingerprint density at radius 2 is 2.06 bits per heavy atom. The van der Waals surface area contributed by atoms with Crippen molar-refractivity contribution in [3.05, 3.63) is 21.7 Å². The highest BCUT2D eigenvalue weighted by Gasteiger charge is 2.37. The second-order valence-electron chi connectivity index (χ2n) is 4.45. The number of halogens is 1. The van der Waals surface area contributed by atoms with E-state index in [0.29, 0.717) is 17.7 Å². The fourth-order valence-corrected chi connectivity index (χ4v) is 2.85. The van der Waals surface area contributed by atoms with E-state index in [0.717, 1.165) is 26.2 Å². The fourth-order valence-electron chi connectivity index (χ4n) is 2.62. The lowest BCUT2D eigenvalue weighted by Crippen LogP contribution is -2.28. The molecule has 0 aliphatic carbocycles. The molecule has 5 nitrogen and oxygen atoms in total. The molecule has 86 valence electrons. The summed E-state index contributed by atoms with van der Waals surface area (Å²) in [5, 5.41) is 3.58. The highest BCUT2D eigenvalue weighted by Crippen LogP contribution is 2.31. The largest absolute Gasteiger partial charge is 0.354 e. The average Bonchev–Trinajstić information content (AvgIpc) is 2.81. The highest BCUT2D eigenvalue weighted by atomic mass is 35.5. The lowest BCUT2D eigenvalue weighted by atomic mass is 10.0. The first kappa shape index (κ1) is 10.1. The van der Waals surface area contributed by atoms with Crippen LogP contribution in [0.15, 0.2) is 11.1 Å². The molecule has 1 aromatic heterocycles. The number of aromatic amines is 1. The van der Waals surface area contributed by atoms with Gasteiger partial charge in [0.2, 0.25) is 0 Å². The maximum atomic E-state index is 11.4. The van der Waals surface area contributed by atoms with Crippen LogP contribution in [0.25, 0.3) is 0 Å². The van der Waals surface area contributed by atoms with Crippen molar-refractivity contribution in [2.75, 3.05) is 31.1 Å². The Balaban J connectivity index is 1.89. The van der Waals surface area contributed by atoms with Crippen LogP contribution in [0, 0.1) is 11.8 Å². The molecular formula is C10H13ClN4O. The second kappa shape index (κ2) is 3.75. The average molecular weight is 241 g/mol. The van der Waals surface area contributed by atoms with Crippen LogP contribution in [0.5, 0.6) is 0 Å². The molecular weight excluding hydrogens is 228 g/mol. The van der Waals surface area contributed by atoms with E-state index in [1.54, 1.807) is 0 Å². The predicted octanol–water partition coefficient (Wildman–Crippen LogP) is 0.0789. The molecule has 2 fully saturated rings. The van der Waals surface area contributed by atoms with E-state index in [2.05, 4.69) is 20.2 Å². The summed E-state index contributed by atoms with van der Waals surface area (Å²) in [5.41, 5.74) is -0.262. The topological polar surface area (TPSA) is 61.0 Å². The zero-order chi connectivity index (χ0) is 11.1. The first-order valence-corrected chi connectivity index (χ1v) is 5.82. The molecule has 16 heavy (non-hydrogen) atoms. The molecule has 2 N–H and O–H groups in total. The molecule has 0 radical (unpaired) electrons. The summed E-state index contributed by atoms with van der Waals surface area (Å²) < 4.78 is 0. The van der Waals surface area contributed by atoms with Crippen LogP contribution in [0.1, 0.15) is 0 Å². The third-order valence-electron chi connectivity index (χ3n) is 3.47. The first-order chi connectivity index (χ1) is 7.75. The number of nitrogens with one attached hydrogen (secondary N) is 2. The Morgan fingerprint density at radius 1 is 1.38 bits per heavy atom. The normalized spacial score (nSPS) is 28.4. The van der Waals surface area contributed by atoms with Crippen LogP contribution < -0.4 is 15.8 Å². The molecule has 2 saturated heterocycles. The maximum Gasteiger partial charge on any atom is 0.271 e. The van der Waals surface area contributed by atoms with Gasteiger partial charge in [0.15, 0.2) is 5.82 Å². The van der Waals surface area contributed by atoms with Gasteiger partial charge < -0.3 is 15.2 Å². The van der Waals surface area contributed by atoms with Crippen molar-refractivity contribution in [3.63, 3.8) is 0 Å². The second-order valence-corrected chi connectivity index (χ2v) is 4.83. The zero-order valence-electron chi connectivity index (χ0n) is 8.74. The number of anilines is 1. The molecule has 2 unspecified atom stereocenters. The van der Waals surface area contributed by atoms with Gasteiger partial charge in [0.05, 0.1) is 6.33 Å². The predicted molar refractivity (Wildman–Crippen MR) is 61.9 cm³/mol. The van der Waals surface area contributed by atoms with Crippen molar-refractivity contribution in [2.24, 2.45) is 11.8 Å². The smallest absolute Gasteiger partial charge is 0.271 e. The molecule has 3 rings (SSSR count). The molecule has 0 aromatic carbocycles. The van der Waals surface area contributed by atoms with E-state index in [4.69, 9.17) is 11.6 Å². The van der Waals surface area contributed by atoms with Crippen molar-refractivity contribution in [1.29, 1.82) is 0 Å². The molecule has 0 amide bonds. The summed E-state index contributed by atoms with van der Waals surface area (Å²) in [4.78, 5) is 20.1. The molecule has 0 saturated carbocycles. The van der Waals surface area contributed by atoms with Gasteiger partial charge in [-0.2, -0.15) is 0 Å². The number of hydrogen-bond acceptors (Lipinski definition) is 4.